The van der Waals surface area contributed by atoms with E-state index in [-0.39, 0.29) is 11.8 Å². The van der Waals surface area contributed by atoms with Gasteiger partial charge in [-0.2, -0.15) is 0 Å². The maximum atomic E-state index is 12.7. The Hall–Kier alpha value is -3.40. The second-order valence-corrected chi connectivity index (χ2v) is 6.45. The van der Waals surface area contributed by atoms with Crippen LogP contribution in [0, 0.1) is 6.92 Å². The molecule has 2 amide bonds. The van der Waals surface area contributed by atoms with Gasteiger partial charge in [-0.1, -0.05) is 54.1 Å². The Morgan fingerprint density at radius 1 is 0.852 bits per heavy atom. The topological polar surface area (TPSA) is 49.4 Å². The quantitative estimate of drug-likeness (QED) is 0.743. The van der Waals surface area contributed by atoms with Crippen LogP contribution >= 0.6 is 0 Å². The minimum atomic E-state index is -0.201. The number of hydrogen-bond acceptors (Lipinski definition) is 2. The molecule has 4 nitrogen and oxygen atoms in total. The Bertz CT molecular complexity index is 934. The summed E-state index contributed by atoms with van der Waals surface area (Å²) in [5.74, 6) is -0.359. The van der Waals surface area contributed by atoms with Crippen molar-refractivity contribution in [1.82, 2.24) is 5.32 Å². The van der Waals surface area contributed by atoms with Crippen LogP contribution in [-0.2, 0) is 6.54 Å². The van der Waals surface area contributed by atoms with Gasteiger partial charge in [0.1, 0.15) is 0 Å². The van der Waals surface area contributed by atoms with Gasteiger partial charge in [0.15, 0.2) is 0 Å². The van der Waals surface area contributed by atoms with Crippen molar-refractivity contribution >= 4 is 17.5 Å². The molecule has 136 valence electrons. The van der Waals surface area contributed by atoms with Gasteiger partial charge in [-0.25, -0.2) is 0 Å². The molecule has 0 saturated carbocycles. The lowest BCUT2D eigenvalue weighted by Crippen LogP contribution is -2.27. The van der Waals surface area contributed by atoms with Crippen LogP contribution in [0.5, 0.6) is 0 Å². The molecule has 0 aliphatic carbocycles. The van der Waals surface area contributed by atoms with Crippen LogP contribution in [0.3, 0.4) is 0 Å². The van der Waals surface area contributed by atoms with E-state index in [9.17, 15) is 9.59 Å². The van der Waals surface area contributed by atoms with Gasteiger partial charge in [0.2, 0.25) is 0 Å². The van der Waals surface area contributed by atoms with Gasteiger partial charge in [-0.05, 0) is 42.8 Å². The van der Waals surface area contributed by atoms with E-state index in [1.54, 1.807) is 36.2 Å². The number of carbonyl (C=O) groups excluding carboxylic acids is 2. The summed E-state index contributed by atoms with van der Waals surface area (Å²) in [6.07, 6.45) is 0. The first-order valence-electron chi connectivity index (χ1n) is 8.81. The van der Waals surface area contributed by atoms with Gasteiger partial charge >= 0.3 is 0 Å². The van der Waals surface area contributed by atoms with E-state index in [1.165, 1.54) is 5.56 Å². The third-order valence-electron chi connectivity index (χ3n) is 4.39. The lowest BCUT2D eigenvalue weighted by atomic mass is 10.1. The normalized spacial score (nSPS) is 10.3. The van der Waals surface area contributed by atoms with E-state index in [0.717, 1.165) is 11.3 Å². The van der Waals surface area contributed by atoms with E-state index in [1.807, 2.05) is 61.5 Å². The summed E-state index contributed by atoms with van der Waals surface area (Å²) in [6, 6.07) is 24.2. The van der Waals surface area contributed by atoms with Crippen molar-refractivity contribution in [3.8, 4) is 0 Å². The highest BCUT2D eigenvalue weighted by atomic mass is 16.2. The van der Waals surface area contributed by atoms with Crippen molar-refractivity contribution in [2.24, 2.45) is 0 Å². The molecule has 0 spiro atoms. The van der Waals surface area contributed by atoms with Crippen molar-refractivity contribution in [3.63, 3.8) is 0 Å². The second kappa shape index (κ2) is 8.32. The molecule has 4 heteroatoms. The minimum absolute atomic E-state index is 0.158. The predicted molar refractivity (Wildman–Crippen MR) is 108 cm³/mol. The SMILES string of the molecule is Cc1ccc(CNC(=O)c2cccc(C(=O)N(C)c3ccccc3)c2)cc1. The highest BCUT2D eigenvalue weighted by Gasteiger charge is 2.15. The number of benzene rings is 3. The summed E-state index contributed by atoms with van der Waals surface area (Å²) in [6.45, 7) is 2.47. The maximum absolute atomic E-state index is 12.7. The third kappa shape index (κ3) is 4.61. The zero-order valence-electron chi connectivity index (χ0n) is 15.5. The molecule has 1 N–H and O–H groups in total. The van der Waals surface area contributed by atoms with Crippen LogP contribution in [0.2, 0.25) is 0 Å². The average Bonchev–Trinajstić information content (AvgIpc) is 2.72. The summed E-state index contributed by atoms with van der Waals surface area (Å²) in [5.41, 5.74) is 3.96. The Labute approximate surface area is 159 Å². The van der Waals surface area contributed by atoms with Gasteiger partial charge in [0.25, 0.3) is 11.8 Å². The van der Waals surface area contributed by atoms with Crippen LogP contribution in [0.4, 0.5) is 5.69 Å². The number of nitrogens with one attached hydrogen (secondary N) is 1. The summed E-state index contributed by atoms with van der Waals surface area (Å²) in [5, 5.41) is 2.90. The van der Waals surface area contributed by atoms with Gasteiger partial charge in [0, 0.05) is 30.4 Å². The Kier molecular flexibility index (Phi) is 5.67. The fourth-order valence-corrected chi connectivity index (χ4v) is 2.75. The van der Waals surface area contributed by atoms with Crippen LogP contribution in [0.1, 0.15) is 31.8 Å². The number of hydrogen-bond donors (Lipinski definition) is 1. The fraction of sp³-hybridized carbons (Fsp3) is 0.130. The Morgan fingerprint density at radius 3 is 2.22 bits per heavy atom. The van der Waals surface area contributed by atoms with Crippen molar-refractivity contribution in [2.45, 2.75) is 13.5 Å². The second-order valence-electron chi connectivity index (χ2n) is 6.45. The fourth-order valence-electron chi connectivity index (χ4n) is 2.75. The molecule has 0 aliphatic heterocycles. The standard InChI is InChI=1S/C23H22N2O2/c1-17-11-13-18(14-12-17)16-24-22(26)19-7-6-8-20(15-19)23(27)25(2)21-9-4-3-5-10-21/h3-15H,16H2,1-2H3,(H,24,26). The molecule has 0 radical (unpaired) electrons. The van der Waals surface area contributed by atoms with Crippen LogP contribution in [0.25, 0.3) is 0 Å². The van der Waals surface area contributed by atoms with Gasteiger partial charge < -0.3 is 10.2 Å². The van der Waals surface area contributed by atoms with Crippen molar-refractivity contribution in [1.29, 1.82) is 0 Å². The Balaban J connectivity index is 1.70. The van der Waals surface area contributed by atoms with Crippen LogP contribution < -0.4 is 10.2 Å². The predicted octanol–water partition coefficient (Wildman–Crippen LogP) is 4.20. The minimum Gasteiger partial charge on any atom is -0.348 e. The number of rotatable bonds is 5. The van der Waals surface area contributed by atoms with E-state index in [0.29, 0.717) is 17.7 Å². The highest BCUT2D eigenvalue weighted by Crippen LogP contribution is 2.16. The zero-order valence-corrected chi connectivity index (χ0v) is 15.5. The number of aryl methyl sites for hydroxylation is 1. The molecular weight excluding hydrogens is 336 g/mol. The van der Waals surface area contributed by atoms with Crippen LogP contribution in [-0.4, -0.2) is 18.9 Å². The molecule has 3 aromatic carbocycles. The lowest BCUT2D eigenvalue weighted by Gasteiger charge is -2.17. The Morgan fingerprint density at radius 2 is 1.52 bits per heavy atom. The third-order valence-corrected chi connectivity index (χ3v) is 4.39. The monoisotopic (exact) mass is 358 g/mol. The molecule has 0 bridgehead atoms. The number of para-hydroxylation sites is 1. The van der Waals surface area contributed by atoms with E-state index >= 15 is 0 Å². The molecule has 3 aromatic rings. The number of carbonyl (C=O) groups is 2. The number of nitrogens with zero attached hydrogens (tertiary/aromatic N) is 1. The number of amides is 2. The van der Waals surface area contributed by atoms with Crippen molar-refractivity contribution in [2.75, 3.05) is 11.9 Å². The van der Waals surface area contributed by atoms with Crippen molar-refractivity contribution in [3.05, 3.63) is 101 Å². The lowest BCUT2D eigenvalue weighted by molar-refractivity contribution is 0.0951. The van der Waals surface area contributed by atoms with Crippen molar-refractivity contribution < 1.29 is 9.59 Å². The molecule has 3 rings (SSSR count). The number of anilines is 1. The summed E-state index contributed by atoms with van der Waals surface area (Å²) < 4.78 is 0. The van der Waals surface area contributed by atoms with Gasteiger partial charge in [0.05, 0.1) is 0 Å². The molecule has 0 aromatic heterocycles. The largest absolute Gasteiger partial charge is 0.348 e. The maximum Gasteiger partial charge on any atom is 0.258 e. The molecule has 0 atom stereocenters. The molecular formula is C23H22N2O2. The smallest absolute Gasteiger partial charge is 0.258 e. The van der Waals surface area contributed by atoms with Gasteiger partial charge in [-0.3, -0.25) is 9.59 Å². The molecule has 0 heterocycles. The molecule has 0 unspecified atom stereocenters. The first-order valence-corrected chi connectivity index (χ1v) is 8.81. The summed E-state index contributed by atoms with van der Waals surface area (Å²) in [4.78, 5) is 26.8. The van der Waals surface area contributed by atoms with Crippen LogP contribution in [0.15, 0.2) is 78.9 Å². The zero-order chi connectivity index (χ0) is 19.2. The molecule has 0 saturated heterocycles. The molecule has 27 heavy (non-hydrogen) atoms. The van der Waals surface area contributed by atoms with E-state index in [4.69, 9.17) is 0 Å². The highest BCUT2D eigenvalue weighted by molar-refractivity contribution is 6.07. The first-order chi connectivity index (χ1) is 13.0. The van der Waals surface area contributed by atoms with Gasteiger partial charge in [-0.15, -0.1) is 0 Å². The first kappa shape index (κ1) is 18.4. The molecule has 0 aliphatic rings. The van der Waals surface area contributed by atoms with E-state index in [2.05, 4.69) is 5.32 Å². The average molecular weight is 358 g/mol. The van der Waals surface area contributed by atoms with E-state index < -0.39 is 0 Å². The summed E-state index contributed by atoms with van der Waals surface area (Å²) >= 11 is 0. The molecule has 0 fully saturated rings. The summed E-state index contributed by atoms with van der Waals surface area (Å²) in [7, 11) is 1.72.